The van der Waals surface area contributed by atoms with Crippen molar-refractivity contribution in [3.8, 4) is 0 Å². The Bertz CT molecular complexity index is 647. The van der Waals surface area contributed by atoms with Crippen LogP contribution in [-0.2, 0) is 4.79 Å². The van der Waals surface area contributed by atoms with Crippen LogP contribution in [0.15, 0.2) is 18.3 Å². The average Bonchev–Trinajstić information content (AvgIpc) is 2.74. The molecule has 0 aliphatic heterocycles. The Morgan fingerprint density at radius 2 is 2.12 bits per heavy atom. The monoisotopic (exact) mass is 231 g/mol. The van der Waals surface area contributed by atoms with Gasteiger partial charge in [-0.25, -0.2) is 0 Å². The molecule has 0 fully saturated rings. The fourth-order valence-electron chi connectivity index (χ4n) is 1.69. The van der Waals surface area contributed by atoms with Gasteiger partial charge in [-0.2, -0.15) is 0 Å². The van der Waals surface area contributed by atoms with Gasteiger partial charge in [0.05, 0.1) is 0 Å². The number of benzene rings is 1. The number of aromatic amines is 1. The molecule has 0 bridgehead atoms. The maximum atomic E-state index is 13.6. The predicted octanol–water partition coefficient (Wildman–Crippen LogP) is 0.336. The number of hydrogen-bond donors (Lipinski definition) is 2. The number of carboxylic acids is 1. The summed E-state index contributed by atoms with van der Waals surface area (Å²) < 4.78 is 13.6. The predicted molar refractivity (Wildman–Crippen MR) is 62.7 cm³/mol. The first-order valence-electron chi connectivity index (χ1n) is 4.76. The normalized spacial score (nSPS) is 10.2. The molecule has 2 aromatic rings. The number of ketones is 1. The number of rotatable bonds is 3. The van der Waals surface area contributed by atoms with Crippen molar-refractivity contribution in [2.75, 3.05) is 0 Å². The van der Waals surface area contributed by atoms with E-state index in [2.05, 4.69) is 11.5 Å². The second-order valence-corrected chi connectivity index (χ2v) is 3.43. The third-order valence-electron chi connectivity index (χ3n) is 2.48. The number of aromatic nitrogens is 1. The van der Waals surface area contributed by atoms with Crippen molar-refractivity contribution < 1.29 is 19.1 Å². The van der Waals surface area contributed by atoms with Crippen molar-refractivity contribution in [1.82, 2.24) is 4.98 Å². The summed E-state index contributed by atoms with van der Waals surface area (Å²) in [5.74, 6) is -3.40. The number of hydrogen-bond acceptors (Lipinski definition) is 2. The van der Waals surface area contributed by atoms with Gasteiger partial charge in [-0.3, -0.25) is 0 Å². The summed E-state index contributed by atoms with van der Waals surface area (Å²) in [5, 5.41) is 8.61. The summed E-state index contributed by atoms with van der Waals surface area (Å²) in [4.78, 5) is 24.6. The van der Waals surface area contributed by atoms with Gasteiger partial charge in [-0.1, -0.05) is 0 Å². The average molecular weight is 231 g/mol. The van der Waals surface area contributed by atoms with E-state index in [9.17, 15) is 14.0 Å². The van der Waals surface area contributed by atoms with Crippen LogP contribution in [0.25, 0.3) is 10.9 Å². The molecule has 0 radical (unpaired) electrons. The Labute approximate surface area is 96.0 Å². The summed E-state index contributed by atoms with van der Waals surface area (Å²) in [6.07, 6.45) is 1.19. The van der Waals surface area contributed by atoms with Crippen molar-refractivity contribution in [3.63, 3.8) is 0 Å². The van der Waals surface area contributed by atoms with Gasteiger partial charge in [0.1, 0.15) is 0 Å². The van der Waals surface area contributed by atoms with Crippen molar-refractivity contribution in [3.05, 3.63) is 29.7 Å². The molecule has 0 spiro atoms. The van der Waals surface area contributed by atoms with Gasteiger partial charge in [0.15, 0.2) is 0 Å². The topological polar surface area (TPSA) is 70.2 Å². The molecule has 6 heteroatoms. The number of halogens is 1. The third kappa shape index (κ3) is 1.67. The molecule has 0 saturated heterocycles. The summed E-state index contributed by atoms with van der Waals surface area (Å²) >= 11 is 0. The molecule has 1 aromatic carbocycles. The van der Waals surface area contributed by atoms with Gasteiger partial charge in [0.2, 0.25) is 0 Å². The molecule has 4 nitrogen and oxygen atoms in total. The van der Waals surface area contributed by atoms with Crippen LogP contribution in [-0.4, -0.2) is 35.2 Å². The van der Waals surface area contributed by atoms with Crippen LogP contribution in [0.1, 0.15) is 10.4 Å². The summed E-state index contributed by atoms with van der Waals surface area (Å²) in [6, 6.07) is 2.67. The minimum absolute atomic E-state index is 0.0187. The van der Waals surface area contributed by atoms with Crippen LogP contribution in [0.3, 0.4) is 0 Å². The first-order chi connectivity index (χ1) is 8.06. The van der Waals surface area contributed by atoms with E-state index in [-0.39, 0.29) is 10.9 Å². The first-order valence-corrected chi connectivity index (χ1v) is 4.76. The standard InChI is InChI=1S/C11H7BFNO3/c1-12-6-2-3-7(13)8-5(4-14-9(6)8)10(15)11(16)17/h2-4,14H,1H2,(H,16,17). The van der Waals surface area contributed by atoms with Gasteiger partial charge in [-0.05, 0) is 0 Å². The number of nitrogens with one attached hydrogen (secondary N) is 1. The molecule has 0 unspecified atom stereocenters. The molecule has 0 aliphatic rings. The van der Waals surface area contributed by atoms with Crippen molar-refractivity contribution >= 4 is 41.5 Å². The quantitative estimate of drug-likeness (QED) is 0.454. The molecule has 0 saturated carbocycles. The maximum absolute atomic E-state index is 13.6. The minimum atomic E-state index is -1.62. The zero-order valence-electron chi connectivity index (χ0n) is 8.66. The van der Waals surface area contributed by atoms with E-state index in [4.69, 9.17) is 5.11 Å². The van der Waals surface area contributed by atoms with Crippen molar-refractivity contribution in [2.45, 2.75) is 0 Å². The van der Waals surface area contributed by atoms with E-state index in [1.54, 1.807) is 0 Å². The van der Waals surface area contributed by atoms with Gasteiger partial charge in [0.25, 0.3) is 0 Å². The van der Waals surface area contributed by atoms with Crippen LogP contribution in [0.5, 0.6) is 0 Å². The number of carbonyl (C=O) groups excluding carboxylic acids is 1. The summed E-state index contributed by atoms with van der Waals surface area (Å²) in [5.41, 5.74) is 0.782. The van der Waals surface area contributed by atoms with Gasteiger partial charge in [-0.15, -0.1) is 0 Å². The Hall–Kier alpha value is -2.24. The number of aliphatic carboxylic acids is 1. The number of carboxylic acid groups (broad SMARTS) is 1. The molecule has 0 amide bonds. The van der Waals surface area contributed by atoms with E-state index < -0.39 is 17.6 Å². The molecular formula is C11H7BFNO3. The van der Waals surface area contributed by atoms with Crippen LogP contribution < -0.4 is 5.46 Å². The Balaban J connectivity index is 2.80. The molecule has 1 aromatic heterocycles. The zero-order valence-corrected chi connectivity index (χ0v) is 8.66. The number of fused-ring (bicyclic) bond motifs is 1. The van der Waals surface area contributed by atoms with Crippen LogP contribution in [0, 0.1) is 5.82 Å². The molecule has 1 heterocycles. The van der Waals surface area contributed by atoms with E-state index in [1.807, 2.05) is 0 Å². The zero-order chi connectivity index (χ0) is 12.6. The first kappa shape index (κ1) is 11.3. The van der Waals surface area contributed by atoms with Crippen LogP contribution in [0.4, 0.5) is 4.39 Å². The molecule has 2 N–H and O–H groups in total. The van der Waals surface area contributed by atoms with E-state index in [0.29, 0.717) is 11.0 Å². The fraction of sp³-hybridized carbons (Fsp3) is 0. The van der Waals surface area contributed by atoms with E-state index >= 15 is 0 Å². The SMILES string of the molecule is C=Bc1ccc(F)c2c(C(=O)C(=O)O)c[nH]c12. The van der Waals surface area contributed by atoms with Gasteiger partial charge >= 0.3 is 95.3 Å². The van der Waals surface area contributed by atoms with Crippen molar-refractivity contribution in [2.24, 2.45) is 0 Å². The molecule has 0 atom stereocenters. The number of Topliss-reactive ketones (excluding diaryl/α,β-unsaturated/α-hetero) is 1. The van der Waals surface area contributed by atoms with E-state index in [0.717, 1.165) is 0 Å². The number of H-pyrrole nitrogens is 1. The van der Waals surface area contributed by atoms with Crippen LogP contribution in [0.2, 0.25) is 0 Å². The van der Waals surface area contributed by atoms with Gasteiger partial charge < -0.3 is 0 Å². The Morgan fingerprint density at radius 3 is 2.71 bits per heavy atom. The molecule has 17 heavy (non-hydrogen) atoms. The summed E-state index contributed by atoms with van der Waals surface area (Å²) in [6.45, 7) is 5.05. The number of carbonyl (C=O) groups is 2. The molecule has 0 aliphatic carbocycles. The summed E-state index contributed by atoms with van der Waals surface area (Å²) in [7, 11) is 0. The van der Waals surface area contributed by atoms with E-state index in [1.165, 1.54) is 25.3 Å². The fourth-order valence-corrected chi connectivity index (χ4v) is 1.69. The Kier molecular flexibility index (Phi) is 2.63. The second kappa shape index (κ2) is 3.97. The molecule has 84 valence electrons. The van der Waals surface area contributed by atoms with Crippen LogP contribution >= 0.6 is 0 Å². The van der Waals surface area contributed by atoms with Gasteiger partial charge in [0, 0.05) is 0 Å². The molecule has 2 rings (SSSR count). The molecular weight excluding hydrogens is 224 g/mol. The third-order valence-corrected chi connectivity index (χ3v) is 2.48. The van der Waals surface area contributed by atoms with Crippen molar-refractivity contribution in [1.29, 1.82) is 0 Å². The Morgan fingerprint density at radius 1 is 1.41 bits per heavy atom. The second-order valence-electron chi connectivity index (χ2n) is 3.43.